The number of rotatable bonds is 12. The topological polar surface area (TPSA) is 69.6 Å². The first-order chi connectivity index (χ1) is 21.7. The summed E-state index contributed by atoms with van der Waals surface area (Å²) < 4.78 is 16.8. The number of aryl methyl sites for hydroxylation is 1. The zero-order valence-corrected chi connectivity index (χ0v) is 25.6. The summed E-state index contributed by atoms with van der Waals surface area (Å²) in [5.74, 6) is 3.32. The van der Waals surface area contributed by atoms with E-state index in [4.69, 9.17) is 19.3 Å². The van der Waals surface area contributed by atoms with Crippen LogP contribution >= 0.6 is 0 Å². The van der Waals surface area contributed by atoms with Gasteiger partial charge < -0.3 is 14.2 Å². The van der Waals surface area contributed by atoms with Crippen LogP contribution in [0.3, 0.4) is 0 Å². The Balaban J connectivity index is 1.000. The van der Waals surface area contributed by atoms with Crippen molar-refractivity contribution in [3.63, 3.8) is 0 Å². The van der Waals surface area contributed by atoms with Gasteiger partial charge in [-0.2, -0.15) is 5.10 Å². The number of methoxy groups -OCH3 is 2. The molecule has 0 amide bonds. The van der Waals surface area contributed by atoms with Gasteiger partial charge in [-0.15, -0.1) is 5.10 Å². The Morgan fingerprint density at radius 2 is 1.43 bits per heavy atom. The van der Waals surface area contributed by atoms with E-state index in [2.05, 4.69) is 51.4 Å². The third kappa shape index (κ3) is 7.34. The summed E-state index contributed by atoms with van der Waals surface area (Å²) in [5.41, 5.74) is 5.40. The van der Waals surface area contributed by atoms with Crippen LogP contribution in [0.25, 0.3) is 22.0 Å². The fourth-order valence-electron chi connectivity index (χ4n) is 6.05. The molecule has 3 aromatic carbocycles. The number of aromatic nitrogens is 3. The number of pyridine rings is 1. The largest absolute Gasteiger partial charge is 0.497 e. The van der Waals surface area contributed by atoms with Gasteiger partial charge in [-0.1, -0.05) is 12.1 Å². The maximum atomic E-state index is 5.93. The van der Waals surface area contributed by atoms with Gasteiger partial charge in [0.15, 0.2) is 0 Å². The van der Waals surface area contributed by atoms with Crippen LogP contribution in [-0.2, 0) is 19.6 Å². The minimum Gasteiger partial charge on any atom is -0.497 e. The molecule has 0 aliphatic carbocycles. The Labute approximate surface area is 259 Å². The first-order valence-electron chi connectivity index (χ1n) is 15.5. The number of fused-ring (bicyclic) bond motifs is 1. The third-order valence-electron chi connectivity index (χ3n) is 8.64. The van der Waals surface area contributed by atoms with Crippen LogP contribution in [0.15, 0.2) is 91.3 Å². The molecule has 1 aliphatic rings. The standard InChI is InChI=1S/C37H40N4O3/c1-42-31-12-8-30(9-13-31)37-34-15-14-33(43-2)24-35(34)36(39-40-37)5-3-4-27-18-22-41(23-19-27)25-28-6-10-32(11-7-28)44-26-29-16-20-38-21-17-29/h6-17,20-21,24,27H,3-5,18-19,22-23,25-26H2,1-2H3. The summed E-state index contributed by atoms with van der Waals surface area (Å²) >= 11 is 0. The van der Waals surface area contributed by atoms with Crippen molar-refractivity contribution in [1.29, 1.82) is 0 Å². The summed E-state index contributed by atoms with van der Waals surface area (Å²) in [4.78, 5) is 6.63. The van der Waals surface area contributed by atoms with E-state index in [1.165, 1.54) is 24.8 Å². The van der Waals surface area contributed by atoms with Crippen LogP contribution in [0.1, 0.15) is 42.5 Å². The van der Waals surface area contributed by atoms with Crippen LogP contribution in [-0.4, -0.2) is 47.4 Å². The number of hydrogen-bond donors (Lipinski definition) is 0. The van der Waals surface area contributed by atoms with E-state index in [1.807, 2.05) is 42.5 Å². The number of hydrogen-bond acceptors (Lipinski definition) is 7. The lowest BCUT2D eigenvalue weighted by Crippen LogP contribution is -2.33. The fourth-order valence-corrected chi connectivity index (χ4v) is 6.05. The molecule has 0 saturated carbocycles. The van der Waals surface area contributed by atoms with Crippen LogP contribution in [0.5, 0.6) is 17.2 Å². The lowest BCUT2D eigenvalue weighted by molar-refractivity contribution is 0.171. The van der Waals surface area contributed by atoms with Gasteiger partial charge in [-0.25, -0.2) is 0 Å². The van der Waals surface area contributed by atoms with Gasteiger partial charge in [-0.3, -0.25) is 9.88 Å². The highest BCUT2D eigenvalue weighted by Crippen LogP contribution is 2.32. The van der Waals surface area contributed by atoms with Crippen LogP contribution in [0, 0.1) is 5.92 Å². The molecule has 1 saturated heterocycles. The number of ether oxygens (including phenoxy) is 3. The van der Waals surface area contributed by atoms with E-state index in [-0.39, 0.29) is 0 Å². The van der Waals surface area contributed by atoms with Crippen molar-refractivity contribution in [1.82, 2.24) is 20.1 Å². The zero-order valence-electron chi connectivity index (χ0n) is 25.6. The van der Waals surface area contributed by atoms with Crippen molar-refractivity contribution in [3.05, 3.63) is 108 Å². The quantitative estimate of drug-likeness (QED) is 0.149. The zero-order chi connectivity index (χ0) is 30.1. The second-order valence-corrected chi connectivity index (χ2v) is 11.5. The van der Waals surface area contributed by atoms with Crippen molar-refractivity contribution >= 4 is 10.8 Å². The summed E-state index contributed by atoms with van der Waals surface area (Å²) in [6, 6.07) is 26.7. The maximum absolute atomic E-state index is 5.93. The first-order valence-corrected chi connectivity index (χ1v) is 15.5. The van der Waals surface area contributed by atoms with Crippen molar-refractivity contribution in [3.8, 4) is 28.5 Å². The molecule has 44 heavy (non-hydrogen) atoms. The lowest BCUT2D eigenvalue weighted by Gasteiger charge is -2.32. The Morgan fingerprint density at radius 3 is 2.16 bits per heavy atom. The molecule has 0 unspecified atom stereocenters. The normalized spacial score (nSPS) is 14.0. The molecule has 6 rings (SSSR count). The van der Waals surface area contributed by atoms with E-state index in [0.717, 1.165) is 88.9 Å². The molecule has 7 nitrogen and oxygen atoms in total. The minimum absolute atomic E-state index is 0.557. The maximum Gasteiger partial charge on any atom is 0.119 e. The number of likely N-dealkylation sites (tertiary alicyclic amines) is 1. The van der Waals surface area contributed by atoms with Crippen molar-refractivity contribution in [2.75, 3.05) is 27.3 Å². The Morgan fingerprint density at radius 1 is 0.727 bits per heavy atom. The van der Waals surface area contributed by atoms with E-state index in [9.17, 15) is 0 Å². The van der Waals surface area contributed by atoms with Gasteiger partial charge in [0.2, 0.25) is 0 Å². The predicted molar refractivity (Wildman–Crippen MR) is 174 cm³/mol. The van der Waals surface area contributed by atoms with Crippen molar-refractivity contribution in [2.24, 2.45) is 5.92 Å². The van der Waals surface area contributed by atoms with Crippen molar-refractivity contribution in [2.45, 2.75) is 45.3 Å². The second-order valence-electron chi connectivity index (χ2n) is 11.5. The molecule has 5 aromatic rings. The average molecular weight is 589 g/mol. The van der Waals surface area contributed by atoms with E-state index in [0.29, 0.717) is 6.61 Å². The molecule has 3 heterocycles. The molecule has 226 valence electrons. The summed E-state index contributed by atoms with van der Waals surface area (Å²) in [6.07, 6.45) is 9.30. The van der Waals surface area contributed by atoms with Crippen molar-refractivity contribution < 1.29 is 14.2 Å². The first kappa shape index (κ1) is 29.6. The van der Waals surface area contributed by atoms with E-state index < -0.39 is 0 Å². The smallest absolute Gasteiger partial charge is 0.119 e. The van der Waals surface area contributed by atoms with E-state index in [1.54, 1.807) is 26.6 Å². The second kappa shape index (κ2) is 14.3. The van der Waals surface area contributed by atoms with Gasteiger partial charge in [0.05, 0.1) is 19.9 Å². The molecule has 2 aromatic heterocycles. The van der Waals surface area contributed by atoms with Crippen LogP contribution < -0.4 is 14.2 Å². The summed E-state index contributed by atoms with van der Waals surface area (Å²) in [5, 5.41) is 11.6. The third-order valence-corrected chi connectivity index (χ3v) is 8.64. The number of piperidine rings is 1. The predicted octanol–water partition coefficient (Wildman–Crippen LogP) is 7.52. The molecule has 1 aliphatic heterocycles. The molecule has 0 spiro atoms. The molecule has 0 N–H and O–H groups in total. The molecule has 0 atom stereocenters. The summed E-state index contributed by atoms with van der Waals surface area (Å²) in [7, 11) is 3.39. The Hall–Kier alpha value is -4.49. The van der Waals surface area contributed by atoms with E-state index >= 15 is 0 Å². The highest BCUT2D eigenvalue weighted by Gasteiger charge is 2.20. The molecular weight excluding hydrogens is 548 g/mol. The molecule has 0 bridgehead atoms. The SMILES string of the molecule is COc1ccc(-c2nnc(CCCC3CCN(Cc4ccc(OCc5ccncc5)cc4)CC3)c3cc(OC)ccc23)cc1. The van der Waals surface area contributed by atoms with Gasteiger partial charge in [0.25, 0.3) is 0 Å². The monoisotopic (exact) mass is 588 g/mol. The van der Waals surface area contributed by atoms with Gasteiger partial charge in [0, 0.05) is 35.3 Å². The molecule has 1 fully saturated rings. The highest BCUT2D eigenvalue weighted by atomic mass is 16.5. The summed E-state index contributed by atoms with van der Waals surface area (Å²) in [6.45, 7) is 3.82. The van der Waals surface area contributed by atoms with Gasteiger partial charge >= 0.3 is 0 Å². The molecule has 0 radical (unpaired) electrons. The number of nitrogens with zero attached hydrogens (tertiary/aromatic N) is 4. The number of benzene rings is 3. The lowest BCUT2D eigenvalue weighted by atomic mass is 9.90. The van der Waals surface area contributed by atoms with Crippen LogP contribution in [0.4, 0.5) is 0 Å². The fraction of sp³-hybridized carbons (Fsp3) is 0.324. The minimum atomic E-state index is 0.557. The Kier molecular flexibility index (Phi) is 9.63. The van der Waals surface area contributed by atoms with Gasteiger partial charge in [-0.05, 0) is 129 Å². The Bertz CT molecular complexity index is 1630. The average Bonchev–Trinajstić information content (AvgIpc) is 3.09. The molecular formula is C37H40N4O3. The van der Waals surface area contributed by atoms with Gasteiger partial charge in [0.1, 0.15) is 29.5 Å². The van der Waals surface area contributed by atoms with Crippen LogP contribution in [0.2, 0.25) is 0 Å². The molecule has 7 heteroatoms. The highest BCUT2D eigenvalue weighted by molar-refractivity contribution is 5.96.